The summed E-state index contributed by atoms with van der Waals surface area (Å²) in [6.07, 6.45) is -3.83. The molecule has 0 aliphatic carbocycles. The molecule has 2 aromatic rings. The van der Waals surface area contributed by atoms with Crippen molar-refractivity contribution in [1.29, 1.82) is 0 Å². The third kappa shape index (κ3) is 9.35. The number of carbonyl (C=O) groups is 4. The first-order valence-electron chi connectivity index (χ1n) is 19.3. The van der Waals surface area contributed by atoms with E-state index in [-0.39, 0.29) is 47.7 Å². The summed E-state index contributed by atoms with van der Waals surface area (Å²) in [6.45, 7) is 8.60. The Morgan fingerprint density at radius 3 is 2.34 bits per heavy atom. The predicted octanol–water partition coefficient (Wildman–Crippen LogP) is 5.10. The fourth-order valence-electron chi connectivity index (χ4n) is 8.36. The van der Waals surface area contributed by atoms with Crippen molar-refractivity contribution in [3.63, 3.8) is 0 Å². The van der Waals surface area contributed by atoms with Crippen LogP contribution in [0.5, 0.6) is 0 Å². The Bertz CT molecular complexity index is 1740. The maximum Gasteiger partial charge on any atom is 0.418 e. The van der Waals surface area contributed by atoms with Crippen LogP contribution in [-0.2, 0) is 38.1 Å². The Morgan fingerprint density at radius 1 is 1.02 bits per heavy atom. The van der Waals surface area contributed by atoms with Crippen molar-refractivity contribution in [2.75, 3.05) is 76.6 Å². The smallest absolute Gasteiger partial charge is 0.418 e. The number of halogens is 4. The molecule has 0 radical (unpaired) electrons. The zero-order chi connectivity index (χ0) is 40.2. The number of anilines is 2. The maximum absolute atomic E-state index is 14.2. The maximum atomic E-state index is 14.2. The summed E-state index contributed by atoms with van der Waals surface area (Å²) in [5, 5.41) is 2.67. The van der Waals surface area contributed by atoms with Crippen LogP contribution in [0, 0.1) is 0 Å². The van der Waals surface area contributed by atoms with Gasteiger partial charge in [-0.1, -0.05) is 29.8 Å². The number of carbonyl (C=O) groups excluding carboxylic acids is 4. The molecule has 6 rings (SSSR count). The van der Waals surface area contributed by atoms with Crippen LogP contribution in [0.25, 0.3) is 0 Å². The highest BCUT2D eigenvalue weighted by Gasteiger charge is 2.41. The number of nitrogens with one attached hydrogen (secondary N) is 1. The van der Waals surface area contributed by atoms with E-state index in [0.29, 0.717) is 71.7 Å². The van der Waals surface area contributed by atoms with Gasteiger partial charge < -0.3 is 35.2 Å². The molecular formula is C39H51ClF3N7O6. The van der Waals surface area contributed by atoms with E-state index in [1.54, 1.807) is 9.80 Å². The summed E-state index contributed by atoms with van der Waals surface area (Å²) < 4.78 is 53.2. The number of nitrogen functional groups attached to an aromatic ring is 1. The number of urea groups is 1. The number of piperidine rings is 2. The molecule has 56 heavy (non-hydrogen) atoms. The monoisotopic (exact) mass is 805 g/mol. The van der Waals surface area contributed by atoms with Crippen molar-refractivity contribution in [3.05, 3.63) is 58.1 Å². The number of alkyl halides is 3. The molecule has 0 saturated carbocycles. The van der Waals surface area contributed by atoms with E-state index in [0.717, 1.165) is 36.4 Å². The molecule has 4 heterocycles. The van der Waals surface area contributed by atoms with Crippen molar-refractivity contribution in [3.8, 4) is 0 Å². The summed E-state index contributed by atoms with van der Waals surface area (Å²) >= 11 is 6.14. The zero-order valence-electron chi connectivity index (χ0n) is 31.9. The average Bonchev–Trinajstić information content (AvgIpc) is 3.35. The van der Waals surface area contributed by atoms with Crippen LogP contribution in [0.4, 0.5) is 34.1 Å². The Kier molecular flexibility index (Phi) is 13.0. The SMILES string of the molecule is CCOC(C=O)N1CCC(C)(N2CCN(C(=O)[C@@H](Cc3cc(Cl)c(N)c(C(F)(F)F)c3)OC(=O)N3CCC(N4CCc5ccccc5NC4=O)CC3)CC2)CC1. The van der Waals surface area contributed by atoms with E-state index in [4.69, 9.17) is 26.8 Å². The highest BCUT2D eigenvalue weighted by Crippen LogP contribution is 2.38. The molecule has 2 aromatic carbocycles. The molecule has 306 valence electrons. The molecule has 4 amide bonds. The second-order valence-electron chi connectivity index (χ2n) is 15.2. The van der Waals surface area contributed by atoms with Crippen LogP contribution in [0.2, 0.25) is 5.02 Å². The highest BCUT2D eigenvalue weighted by atomic mass is 35.5. The van der Waals surface area contributed by atoms with Gasteiger partial charge in [-0.05, 0) is 75.3 Å². The molecule has 0 spiro atoms. The number of hydrogen-bond acceptors (Lipinski definition) is 9. The van der Waals surface area contributed by atoms with Crippen molar-refractivity contribution in [1.82, 2.24) is 24.5 Å². The fourth-order valence-corrected chi connectivity index (χ4v) is 8.60. The van der Waals surface area contributed by atoms with Crippen LogP contribution in [-0.4, -0.2) is 138 Å². The van der Waals surface area contributed by atoms with Crippen LogP contribution < -0.4 is 11.1 Å². The first kappa shape index (κ1) is 41.5. The number of nitrogens with two attached hydrogens (primary N) is 1. The molecule has 3 N–H and O–H groups in total. The number of fused-ring (bicyclic) bond motifs is 1. The lowest BCUT2D eigenvalue weighted by Crippen LogP contribution is -2.61. The quantitative estimate of drug-likeness (QED) is 0.248. The number of benzene rings is 2. The summed E-state index contributed by atoms with van der Waals surface area (Å²) in [4.78, 5) is 61.8. The van der Waals surface area contributed by atoms with E-state index < -0.39 is 41.8 Å². The number of rotatable bonds is 10. The Morgan fingerprint density at radius 2 is 1.70 bits per heavy atom. The van der Waals surface area contributed by atoms with Gasteiger partial charge in [0.05, 0.1) is 16.3 Å². The first-order chi connectivity index (χ1) is 26.7. The fraction of sp³-hybridized carbons (Fsp3) is 0.590. The van der Waals surface area contributed by atoms with E-state index in [1.165, 1.54) is 11.0 Å². The minimum absolute atomic E-state index is 0.0492. The lowest BCUT2D eigenvalue weighted by atomic mass is 9.87. The summed E-state index contributed by atoms with van der Waals surface area (Å²) in [7, 11) is 0. The molecule has 13 nitrogen and oxygen atoms in total. The summed E-state index contributed by atoms with van der Waals surface area (Å²) in [5.41, 5.74) is 5.64. The van der Waals surface area contributed by atoms with Crippen molar-refractivity contribution in [2.24, 2.45) is 0 Å². The molecule has 0 aromatic heterocycles. The highest BCUT2D eigenvalue weighted by molar-refractivity contribution is 6.33. The van der Waals surface area contributed by atoms with Gasteiger partial charge in [0.2, 0.25) is 0 Å². The van der Waals surface area contributed by atoms with Crippen LogP contribution in [0.3, 0.4) is 0 Å². The van der Waals surface area contributed by atoms with Gasteiger partial charge in [-0.2, -0.15) is 13.2 Å². The Hall–Kier alpha value is -4.12. The van der Waals surface area contributed by atoms with Gasteiger partial charge in [-0.25, -0.2) is 9.59 Å². The molecule has 0 bridgehead atoms. The number of nitrogens with zero attached hydrogens (tertiary/aromatic N) is 5. The van der Waals surface area contributed by atoms with Gasteiger partial charge in [0.1, 0.15) is 0 Å². The number of likely N-dealkylation sites (tertiary alicyclic amines) is 2. The van der Waals surface area contributed by atoms with Gasteiger partial charge in [0, 0.05) is 89.2 Å². The molecule has 4 aliphatic heterocycles. The van der Waals surface area contributed by atoms with Crippen molar-refractivity contribution >= 4 is 47.3 Å². The van der Waals surface area contributed by atoms with E-state index >= 15 is 0 Å². The molecule has 17 heteroatoms. The zero-order valence-corrected chi connectivity index (χ0v) is 32.6. The number of para-hydroxylation sites is 1. The topological polar surface area (TPSA) is 141 Å². The van der Waals surface area contributed by atoms with E-state index in [9.17, 15) is 32.3 Å². The van der Waals surface area contributed by atoms with Gasteiger partial charge in [0.25, 0.3) is 5.91 Å². The van der Waals surface area contributed by atoms with Gasteiger partial charge in [-0.15, -0.1) is 0 Å². The van der Waals surface area contributed by atoms with E-state index in [1.807, 2.05) is 36.1 Å². The predicted molar refractivity (Wildman–Crippen MR) is 204 cm³/mol. The molecular weight excluding hydrogens is 755 g/mol. The van der Waals surface area contributed by atoms with Crippen molar-refractivity contribution in [2.45, 2.75) is 82.5 Å². The van der Waals surface area contributed by atoms with Gasteiger partial charge in [-0.3, -0.25) is 19.4 Å². The lowest BCUT2D eigenvalue weighted by Gasteiger charge is -2.50. The number of aldehydes is 1. The summed E-state index contributed by atoms with van der Waals surface area (Å²) in [5.74, 6) is -0.513. The largest absolute Gasteiger partial charge is 0.436 e. The van der Waals surface area contributed by atoms with Gasteiger partial charge >= 0.3 is 18.3 Å². The first-order valence-corrected chi connectivity index (χ1v) is 19.7. The average molecular weight is 806 g/mol. The third-order valence-electron chi connectivity index (χ3n) is 11.8. The number of ether oxygens (including phenoxy) is 2. The molecule has 3 saturated heterocycles. The number of hydrogen-bond donors (Lipinski definition) is 2. The summed E-state index contributed by atoms with van der Waals surface area (Å²) in [6, 6.07) is 9.45. The van der Waals surface area contributed by atoms with Gasteiger partial charge in [0.15, 0.2) is 18.6 Å². The molecule has 1 unspecified atom stereocenters. The molecule has 4 aliphatic rings. The minimum Gasteiger partial charge on any atom is -0.436 e. The lowest BCUT2D eigenvalue weighted by molar-refractivity contribution is -0.145. The Balaban J connectivity index is 1.11. The second-order valence-corrected chi connectivity index (χ2v) is 15.6. The normalized spacial score (nSPS) is 21.1. The Labute approximate surface area is 330 Å². The van der Waals surface area contributed by atoms with E-state index in [2.05, 4.69) is 17.1 Å². The van der Waals surface area contributed by atoms with Crippen LogP contribution in [0.1, 0.15) is 56.2 Å². The minimum atomic E-state index is -4.79. The van der Waals surface area contributed by atoms with Crippen molar-refractivity contribution < 1.29 is 41.8 Å². The number of amides is 4. The van der Waals surface area contributed by atoms with Crippen LogP contribution >= 0.6 is 11.6 Å². The standard InChI is InChI=1S/C39H51ClF3N7O6/c1-3-55-33(25-51)46-16-11-38(2,12-17-46)49-20-18-47(19-21-49)35(52)32(24-26-22-29(39(41,42)43)34(44)30(40)23-26)56-37(54)48-13-9-28(10-14-48)50-15-8-27-6-4-5-7-31(27)45-36(50)53/h4-7,22-23,25,28,32-33H,3,8-21,24,44H2,1-2H3,(H,45,53)/t32-,33?/m1/s1. The molecule has 3 fully saturated rings. The number of piperazine rings is 1. The molecule has 2 atom stereocenters. The second kappa shape index (κ2) is 17.6. The third-order valence-corrected chi connectivity index (χ3v) is 12.1. The van der Waals surface area contributed by atoms with Crippen LogP contribution in [0.15, 0.2) is 36.4 Å².